The average molecular weight is 345 g/mol. The Hall–Kier alpha value is -1.99. The third kappa shape index (κ3) is 3.27. The molecule has 0 aromatic carbocycles. The van der Waals surface area contributed by atoms with Crippen LogP contribution in [0.1, 0.15) is 25.5 Å². The van der Waals surface area contributed by atoms with Gasteiger partial charge in [0.25, 0.3) is 0 Å². The maximum absolute atomic E-state index is 5.89. The molecule has 126 valence electrons. The minimum Gasteiger partial charge on any atom is -0.467 e. The van der Waals surface area contributed by atoms with Crippen LogP contribution in [0.5, 0.6) is 0 Å². The molecule has 4 rings (SSSR count). The lowest BCUT2D eigenvalue weighted by atomic mass is 10.2. The van der Waals surface area contributed by atoms with E-state index in [-0.39, 0.29) is 6.10 Å². The lowest BCUT2D eigenvalue weighted by Gasteiger charge is -2.11. The molecule has 0 amide bonds. The van der Waals surface area contributed by atoms with E-state index in [9.17, 15) is 0 Å². The first-order valence-electron chi connectivity index (χ1n) is 8.07. The molecule has 1 aliphatic rings. The number of nitrogens with zero attached hydrogens (tertiary/aromatic N) is 3. The van der Waals surface area contributed by atoms with Gasteiger partial charge in [0.15, 0.2) is 10.9 Å². The highest BCUT2D eigenvalue weighted by Gasteiger charge is 2.24. The zero-order chi connectivity index (χ0) is 16.4. The summed E-state index contributed by atoms with van der Waals surface area (Å²) in [5.41, 5.74) is 0. The molecule has 1 saturated heterocycles. The molecule has 6 nitrogen and oxygen atoms in total. The number of rotatable bonds is 6. The third-order valence-electron chi connectivity index (χ3n) is 4.07. The molecule has 2 atom stereocenters. The van der Waals surface area contributed by atoms with Gasteiger partial charge in [-0.15, -0.1) is 10.2 Å². The summed E-state index contributed by atoms with van der Waals surface area (Å²) in [6.07, 6.45) is 6.18. The van der Waals surface area contributed by atoms with E-state index in [1.165, 1.54) is 0 Å². The Bertz CT molecular complexity index is 767. The molecule has 3 aromatic rings. The summed E-state index contributed by atoms with van der Waals surface area (Å²) >= 11 is 1.67. The van der Waals surface area contributed by atoms with Crippen LogP contribution in [0.3, 0.4) is 0 Å². The van der Waals surface area contributed by atoms with Gasteiger partial charge in [0.1, 0.15) is 5.76 Å². The van der Waals surface area contributed by atoms with Gasteiger partial charge < -0.3 is 13.6 Å². The van der Waals surface area contributed by atoms with Crippen molar-refractivity contribution in [1.29, 1.82) is 0 Å². The molecule has 0 aliphatic carbocycles. The van der Waals surface area contributed by atoms with E-state index < -0.39 is 0 Å². The minimum atomic E-state index is 0.283. The summed E-state index contributed by atoms with van der Waals surface area (Å²) in [5, 5.41) is 9.51. The van der Waals surface area contributed by atoms with Crippen molar-refractivity contribution in [2.45, 2.75) is 43.7 Å². The van der Waals surface area contributed by atoms with E-state index in [4.69, 9.17) is 13.6 Å². The predicted molar refractivity (Wildman–Crippen MR) is 89.8 cm³/mol. The molecular formula is C17H19N3O3S. The van der Waals surface area contributed by atoms with Crippen LogP contribution in [0.4, 0.5) is 0 Å². The highest BCUT2D eigenvalue weighted by atomic mass is 32.2. The largest absolute Gasteiger partial charge is 0.467 e. The van der Waals surface area contributed by atoms with E-state index in [2.05, 4.69) is 17.1 Å². The summed E-state index contributed by atoms with van der Waals surface area (Å²) in [7, 11) is 0. The SMILES string of the molecule is CC1CCC(CSc2nnc(-c3ccco3)n2Cc2ccco2)O1. The monoisotopic (exact) mass is 345 g/mol. The van der Waals surface area contributed by atoms with Crippen molar-refractivity contribution in [3.8, 4) is 11.6 Å². The Morgan fingerprint density at radius 2 is 2.04 bits per heavy atom. The fraction of sp³-hybridized carbons (Fsp3) is 0.412. The van der Waals surface area contributed by atoms with Gasteiger partial charge in [0, 0.05) is 5.75 Å². The maximum atomic E-state index is 5.89. The van der Waals surface area contributed by atoms with Crippen molar-refractivity contribution in [3.63, 3.8) is 0 Å². The first kappa shape index (κ1) is 15.5. The standard InChI is InChI=1S/C17H19N3O3S/c1-12-6-7-14(23-12)11-24-17-19-18-16(15-5-3-9-22-15)20(17)10-13-4-2-8-21-13/h2-5,8-9,12,14H,6-7,10-11H2,1H3. The van der Waals surface area contributed by atoms with Crippen molar-refractivity contribution in [1.82, 2.24) is 14.8 Å². The summed E-state index contributed by atoms with van der Waals surface area (Å²) in [6.45, 7) is 2.69. The smallest absolute Gasteiger partial charge is 0.200 e. The van der Waals surface area contributed by atoms with Crippen LogP contribution < -0.4 is 0 Å². The Morgan fingerprint density at radius 3 is 2.75 bits per heavy atom. The van der Waals surface area contributed by atoms with Gasteiger partial charge in [-0.2, -0.15) is 0 Å². The summed E-state index contributed by atoms with van der Waals surface area (Å²) < 4.78 is 18.9. The second kappa shape index (κ2) is 6.86. The lowest BCUT2D eigenvalue weighted by Crippen LogP contribution is -2.12. The van der Waals surface area contributed by atoms with Crippen LogP contribution in [-0.4, -0.2) is 32.7 Å². The molecule has 4 heterocycles. The van der Waals surface area contributed by atoms with Crippen molar-refractivity contribution in [3.05, 3.63) is 42.6 Å². The quantitative estimate of drug-likeness (QED) is 0.632. The van der Waals surface area contributed by atoms with Crippen LogP contribution in [-0.2, 0) is 11.3 Å². The van der Waals surface area contributed by atoms with E-state index in [0.29, 0.717) is 24.2 Å². The fourth-order valence-electron chi connectivity index (χ4n) is 2.86. The molecule has 2 unspecified atom stereocenters. The Labute approximate surface area is 144 Å². The first-order chi connectivity index (χ1) is 11.8. The Kier molecular flexibility index (Phi) is 4.44. The normalized spacial score (nSPS) is 20.7. The minimum absolute atomic E-state index is 0.283. The van der Waals surface area contributed by atoms with Crippen molar-refractivity contribution in [2.75, 3.05) is 5.75 Å². The van der Waals surface area contributed by atoms with E-state index in [1.807, 2.05) is 28.8 Å². The van der Waals surface area contributed by atoms with E-state index in [0.717, 1.165) is 29.5 Å². The zero-order valence-electron chi connectivity index (χ0n) is 13.4. The number of hydrogen-bond acceptors (Lipinski definition) is 6. The summed E-state index contributed by atoms with van der Waals surface area (Å²) in [4.78, 5) is 0. The molecule has 1 fully saturated rings. The molecule has 0 spiro atoms. The molecule has 3 aromatic heterocycles. The van der Waals surface area contributed by atoms with Gasteiger partial charge in [-0.3, -0.25) is 4.57 Å². The summed E-state index contributed by atoms with van der Waals surface area (Å²) in [6, 6.07) is 7.57. The molecular weight excluding hydrogens is 326 g/mol. The van der Waals surface area contributed by atoms with Crippen LogP contribution >= 0.6 is 11.8 Å². The molecule has 7 heteroatoms. The fourth-order valence-corrected chi connectivity index (χ4v) is 3.85. The predicted octanol–water partition coefficient (Wildman–Crippen LogP) is 3.84. The van der Waals surface area contributed by atoms with Crippen LogP contribution in [0.25, 0.3) is 11.6 Å². The van der Waals surface area contributed by atoms with Gasteiger partial charge >= 0.3 is 0 Å². The second-order valence-electron chi connectivity index (χ2n) is 5.91. The van der Waals surface area contributed by atoms with Crippen molar-refractivity contribution < 1.29 is 13.6 Å². The molecule has 0 bridgehead atoms. The molecule has 0 N–H and O–H groups in total. The number of hydrogen-bond donors (Lipinski definition) is 0. The average Bonchev–Trinajstić information content (AvgIpc) is 3.34. The second-order valence-corrected chi connectivity index (χ2v) is 6.89. The Morgan fingerprint density at radius 1 is 1.17 bits per heavy atom. The van der Waals surface area contributed by atoms with Crippen LogP contribution in [0, 0.1) is 0 Å². The van der Waals surface area contributed by atoms with E-state index >= 15 is 0 Å². The number of aromatic nitrogens is 3. The van der Waals surface area contributed by atoms with Crippen LogP contribution in [0.2, 0.25) is 0 Å². The molecule has 1 aliphatic heterocycles. The van der Waals surface area contributed by atoms with Crippen molar-refractivity contribution in [2.24, 2.45) is 0 Å². The van der Waals surface area contributed by atoms with Gasteiger partial charge in [-0.1, -0.05) is 11.8 Å². The maximum Gasteiger partial charge on any atom is 0.200 e. The zero-order valence-corrected chi connectivity index (χ0v) is 14.2. The molecule has 0 radical (unpaired) electrons. The highest BCUT2D eigenvalue weighted by Crippen LogP contribution is 2.29. The van der Waals surface area contributed by atoms with Gasteiger partial charge in [0.2, 0.25) is 5.82 Å². The molecule has 24 heavy (non-hydrogen) atoms. The highest BCUT2D eigenvalue weighted by molar-refractivity contribution is 7.99. The van der Waals surface area contributed by atoms with Gasteiger partial charge in [0.05, 0.1) is 31.3 Å². The first-order valence-corrected chi connectivity index (χ1v) is 9.06. The van der Waals surface area contributed by atoms with E-state index in [1.54, 1.807) is 24.3 Å². The van der Waals surface area contributed by atoms with Crippen LogP contribution in [0.15, 0.2) is 50.8 Å². The third-order valence-corrected chi connectivity index (χ3v) is 5.17. The lowest BCUT2D eigenvalue weighted by molar-refractivity contribution is 0.0699. The van der Waals surface area contributed by atoms with Gasteiger partial charge in [-0.05, 0) is 44.0 Å². The summed E-state index contributed by atoms with van der Waals surface area (Å²) in [5.74, 6) is 3.14. The molecule has 0 saturated carbocycles. The number of thioether (sulfide) groups is 1. The topological polar surface area (TPSA) is 66.2 Å². The van der Waals surface area contributed by atoms with Crippen molar-refractivity contribution >= 4 is 11.8 Å². The Balaban J connectivity index is 1.56. The number of ether oxygens (including phenoxy) is 1. The van der Waals surface area contributed by atoms with Gasteiger partial charge in [-0.25, -0.2) is 0 Å². The number of furan rings is 2.